The van der Waals surface area contributed by atoms with Gasteiger partial charge in [-0.1, -0.05) is 0 Å². The van der Waals surface area contributed by atoms with E-state index in [0.717, 1.165) is 12.1 Å². The molecule has 11 heteroatoms. The van der Waals surface area contributed by atoms with Crippen molar-refractivity contribution in [3.8, 4) is 17.9 Å². The summed E-state index contributed by atoms with van der Waals surface area (Å²) in [5.74, 6) is 0.252. The Kier molecular flexibility index (Phi) is 6.82. The molecular weight excluding hydrogens is 375 g/mol. The third-order valence-electron chi connectivity index (χ3n) is 3.50. The molecule has 0 bridgehead atoms. The Morgan fingerprint density at radius 2 is 1.68 bits per heavy atom. The van der Waals surface area contributed by atoms with Crippen molar-refractivity contribution in [2.45, 2.75) is 19.2 Å². The second kappa shape index (κ2) is 9.28. The molecule has 0 amide bonds. The number of hydrogen-bond acceptors (Lipinski definition) is 8. The summed E-state index contributed by atoms with van der Waals surface area (Å²) < 4.78 is 40.5. The molecule has 0 saturated carbocycles. The van der Waals surface area contributed by atoms with Crippen molar-refractivity contribution in [3.05, 3.63) is 30.6 Å². The lowest BCUT2D eigenvalue weighted by molar-refractivity contribution is -0.274. The number of ether oxygens (including phenoxy) is 1. The number of benzene rings is 1. The first-order valence-electron chi connectivity index (χ1n) is 8.06. The van der Waals surface area contributed by atoms with E-state index in [1.807, 2.05) is 12.1 Å². The number of nitrogens with one attached hydrogen (secondary N) is 1. The Hall–Kier alpha value is -3.73. The molecule has 2 rings (SSSR count). The summed E-state index contributed by atoms with van der Waals surface area (Å²) >= 11 is 0. The van der Waals surface area contributed by atoms with Gasteiger partial charge in [-0.05, 0) is 24.3 Å². The Morgan fingerprint density at radius 1 is 1.07 bits per heavy atom. The molecule has 3 N–H and O–H groups in total. The molecular formula is C17H16F3N7O. The number of halogens is 3. The van der Waals surface area contributed by atoms with Crippen LogP contribution in [0.2, 0.25) is 0 Å². The van der Waals surface area contributed by atoms with Crippen molar-refractivity contribution in [2.24, 2.45) is 0 Å². The summed E-state index contributed by atoms with van der Waals surface area (Å²) in [4.78, 5) is 9.87. The highest BCUT2D eigenvalue weighted by atomic mass is 19.4. The number of nitrogens with zero attached hydrogens (tertiary/aromatic N) is 5. The van der Waals surface area contributed by atoms with Crippen LogP contribution in [-0.4, -0.2) is 29.4 Å². The van der Waals surface area contributed by atoms with Gasteiger partial charge in [-0.2, -0.15) is 10.5 Å². The predicted octanol–water partition coefficient (Wildman–Crippen LogP) is 3.33. The van der Waals surface area contributed by atoms with E-state index in [9.17, 15) is 13.2 Å². The number of nitrogen functional groups attached to an aromatic ring is 1. The standard InChI is InChI=1S/C17H16F3N7O/c18-17(19,20)28-13-5-3-12(4-6-13)26-15-14(23)16(25-11-24-15)27(9-1-7-21)10-2-8-22/h3-6,11H,1-2,9-10,23H2,(H,24,25,26). The zero-order valence-electron chi connectivity index (χ0n) is 14.6. The fourth-order valence-corrected chi connectivity index (χ4v) is 2.31. The van der Waals surface area contributed by atoms with Gasteiger partial charge in [0, 0.05) is 18.8 Å². The molecule has 0 unspecified atom stereocenters. The summed E-state index contributed by atoms with van der Waals surface area (Å²) in [6.07, 6.45) is -3.06. The van der Waals surface area contributed by atoms with Crippen LogP contribution >= 0.6 is 0 Å². The van der Waals surface area contributed by atoms with Crippen LogP contribution in [0, 0.1) is 22.7 Å². The minimum atomic E-state index is -4.77. The molecule has 28 heavy (non-hydrogen) atoms. The SMILES string of the molecule is N#CCCN(CCC#N)c1ncnc(Nc2ccc(OC(F)(F)F)cc2)c1N. The van der Waals surface area contributed by atoms with Crippen LogP contribution in [-0.2, 0) is 0 Å². The maximum Gasteiger partial charge on any atom is 0.573 e. The van der Waals surface area contributed by atoms with Gasteiger partial charge in [0.15, 0.2) is 11.6 Å². The van der Waals surface area contributed by atoms with E-state index in [1.54, 1.807) is 4.90 Å². The average molecular weight is 391 g/mol. The summed E-state index contributed by atoms with van der Waals surface area (Å²) in [5.41, 5.74) is 6.75. The Morgan fingerprint density at radius 3 is 2.21 bits per heavy atom. The van der Waals surface area contributed by atoms with Gasteiger partial charge in [-0.25, -0.2) is 9.97 Å². The van der Waals surface area contributed by atoms with Gasteiger partial charge in [-0.15, -0.1) is 13.2 Å². The predicted molar refractivity (Wildman–Crippen MR) is 95.5 cm³/mol. The monoisotopic (exact) mass is 391 g/mol. The zero-order valence-corrected chi connectivity index (χ0v) is 14.6. The highest BCUT2D eigenvalue weighted by Crippen LogP contribution is 2.30. The van der Waals surface area contributed by atoms with Gasteiger partial charge >= 0.3 is 6.36 Å². The second-order valence-electron chi connectivity index (χ2n) is 5.46. The minimum absolute atomic E-state index is 0.189. The van der Waals surface area contributed by atoms with Crippen LogP contribution in [0.5, 0.6) is 5.75 Å². The van der Waals surface area contributed by atoms with E-state index in [0.29, 0.717) is 24.6 Å². The fourth-order valence-electron chi connectivity index (χ4n) is 2.31. The third kappa shape index (κ3) is 5.92. The lowest BCUT2D eigenvalue weighted by atomic mass is 10.3. The lowest BCUT2D eigenvalue weighted by Crippen LogP contribution is -2.27. The smallest absolute Gasteiger partial charge is 0.406 e. The quantitative estimate of drug-likeness (QED) is 0.702. The van der Waals surface area contributed by atoms with Crippen LogP contribution in [0.15, 0.2) is 30.6 Å². The molecule has 0 spiro atoms. The number of nitriles is 2. The van der Waals surface area contributed by atoms with E-state index >= 15 is 0 Å². The van der Waals surface area contributed by atoms with Gasteiger partial charge in [-0.3, -0.25) is 0 Å². The van der Waals surface area contributed by atoms with E-state index in [-0.39, 0.29) is 30.1 Å². The van der Waals surface area contributed by atoms with Crippen LogP contribution in [0.4, 0.5) is 36.2 Å². The van der Waals surface area contributed by atoms with Gasteiger partial charge in [0.05, 0.1) is 25.0 Å². The van der Waals surface area contributed by atoms with Gasteiger partial charge in [0.1, 0.15) is 17.8 Å². The molecule has 1 aromatic heterocycles. The van der Waals surface area contributed by atoms with Crippen molar-refractivity contribution in [3.63, 3.8) is 0 Å². The van der Waals surface area contributed by atoms with Crippen LogP contribution < -0.4 is 20.7 Å². The second-order valence-corrected chi connectivity index (χ2v) is 5.46. The molecule has 1 aromatic carbocycles. The number of anilines is 4. The normalized spacial score (nSPS) is 10.6. The van der Waals surface area contributed by atoms with Crippen molar-refractivity contribution >= 4 is 23.0 Å². The van der Waals surface area contributed by atoms with E-state index in [1.165, 1.54) is 18.5 Å². The topological polar surface area (TPSA) is 124 Å². The number of alkyl halides is 3. The van der Waals surface area contributed by atoms with Crippen LogP contribution in [0.1, 0.15) is 12.8 Å². The first-order chi connectivity index (χ1) is 13.3. The molecule has 8 nitrogen and oxygen atoms in total. The minimum Gasteiger partial charge on any atom is -0.406 e. The number of aromatic nitrogens is 2. The molecule has 0 fully saturated rings. The Bertz CT molecular complexity index is 854. The highest BCUT2D eigenvalue weighted by Gasteiger charge is 2.31. The highest BCUT2D eigenvalue weighted by molar-refractivity contribution is 5.78. The molecule has 0 aliphatic carbocycles. The Balaban J connectivity index is 2.19. The molecule has 2 aromatic rings. The van der Waals surface area contributed by atoms with Crippen LogP contribution in [0.3, 0.4) is 0 Å². The molecule has 0 aliphatic rings. The zero-order chi connectivity index (χ0) is 20.6. The maximum absolute atomic E-state index is 12.2. The molecule has 0 saturated heterocycles. The van der Waals surface area contributed by atoms with Crippen LogP contribution in [0.25, 0.3) is 0 Å². The van der Waals surface area contributed by atoms with E-state index < -0.39 is 6.36 Å². The first-order valence-corrected chi connectivity index (χ1v) is 8.06. The molecule has 0 atom stereocenters. The van der Waals surface area contributed by atoms with Crippen molar-refractivity contribution < 1.29 is 17.9 Å². The number of hydrogen-bond donors (Lipinski definition) is 2. The Labute approximate surface area is 159 Å². The van der Waals surface area contributed by atoms with E-state index in [2.05, 4.69) is 20.0 Å². The van der Waals surface area contributed by atoms with Gasteiger partial charge < -0.3 is 20.7 Å². The van der Waals surface area contributed by atoms with Gasteiger partial charge in [0.2, 0.25) is 0 Å². The fraction of sp³-hybridized carbons (Fsp3) is 0.294. The molecule has 0 radical (unpaired) electrons. The molecule has 1 heterocycles. The van der Waals surface area contributed by atoms with Crippen molar-refractivity contribution in [1.82, 2.24) is 9.97 Å². The molecule has 0 aliphatic heterocycles. The van der Waals surface area contributed by atoms with Crippen molar-refractivity contribution in [1.29, 1.82) is 10.5 Å². The summed E-state index contributed by atoms with van der Waals surface area (Å²) in [7, 11) is 0. The first kappa shape index (κ1) is 20.6. The summed E-state index contributed by atoms with van der Waals surface area (Å²) in [6, 6.07) is 9.11. The van der Waals surface area contributed by atoms with E-state index in [4.69, 9.17) is 16.3 Å². The maximum atomic E-state index is 12.2. The number of nitrogens with two attached hydrogens (primary N) is 1. The van der Waals surface area contributed by atoms with Crippen molar-refractivity contribution in [2.75, 3.05) is 29.0 Å². The molecule has 146 valence electrons. The van der Waals surface area contributed by atoms with Gasteiger partial charge in [0.25, 0.3) is 0 Å². The largest absolute Gasteiger partial charge is 0.573 e. The lowest BCUT2D eigenvalue weighted by Gasteiger charge is -2.23. The third-order valence-corrected chi connectivity index (χ3v) is 3.50. The summed E-state index contributed by atoms with van der Waals surface area (Å²) in [6.45, 7) is 0.671. The number of rotatable bonds is 8. The summed E-state index contributed by atoms with van der Waals surface area (Å²) in [5, 5.41) is 20.5. The average Bonchev–Trinajstić information content (AvgIpc) is 2.64.